The molecule has 2 rings (SSSR count). The molecule has 2 nitrogen and oxygen atoms in total. The number of alkyl halides is 3. The average Bonchev–Trinajstić information content (AvgIpc) is 2.37. The lowest BCUT2D eigenvalue weighted by Gasteiger charge is -2.16. The molecule has 0 amide bonds. The molecule has 2 aromatic rings. The summed E-state index contributed by atoms with van der Waals surface area (Å²) < 4.78 is 38.6. The molecule has 0 radical (unpaired) electrons. The Bertz CT molecular complexity index is 586. The first-order chi connectivity index (χ1) is 9.39. The molecular formula is C15H15F3N2. The van der Waals surface area contributed by atoms with Crippen LogP contribution in [0.5, 0.6) is 0 Å². The quantitative estimate of drug-likeness (QED) is 0.827. The summed E-state index contributed by atoms with van der Waals surface area (Å²) in [7, 11) is 0. The molecule has 0 spiro atoms. The molecule has 0 saturated heterocycles. The second kappa shape index (κ2) is 5.45. The van der Waals surface area contributed by atoms with E-state index in [2.05, 4.69) is 5.32 Å². The highest BCUT2D eigenvalue weighted by atomic mass is 19.4. The Hall–Kier alpha value is -2.17. The number of para-hydroxylation sites is 1. The zero-order valence-electron chi connectivity index (χ0n) is 11.0. The third-order valence-corrected chi connectivity index (χ3v) is 3.08. The van der Waals surface area contributed by atoms with Gasteiger partial charge < -0.3 is 11.1 Å². The number of nitrogens with two attached hydrogens (primary N) is 1. The van der Waals surface area contributed by atoms with Gasteiger partial charge in [0, 0.05) is 6.54 Å². The summed E-state index contributed by atoms with van der Waals surface area (Å²) in [6.07, 6.45) is -4.35. The summed E-state index contributed by atoms with van der Waals surface area (Å²) in [5.41, 5.74) is 7.49. The lowest BCUT2D eigenvalue weighted by molar-refractivity contribution is -0.138. The largest absolute Gasteiger partial charge is 0.416 e. The van der Waals surface area contributed by atoms with E-state index in [-0.39, 0.29) is 12.1 Å². The van der Waals surface area contributed by atoms with Gasteiger partial charge >= 0.3 is 6.18 Å². The molecule has 0 fully saturated rings. The van der Waals surface area contributed by atoms with E-state index >= 15 is 0 Å². The molecule has 20 heavy (non-hydrogen) atoms. The first kappa shape index (κ1) is 14.2. The molecule has 0 aliphatic heterocycles. The number of nitrogen functional groups attached to an aromatic ring is 1. The first-order valence-corrected chi connectivity index (χ1v) is 6.13. The van der Waals surface area contributed by atoms with Crippen LogP contribution >= 0.6 is 0 Å². The van der Waals surface area contributed by atoms with Crippen LogP contribution in [0.3, 0.4) is 0 Å². The molecule has 3 N–H and O–H groups in total. The average molecular weight is 280 g/mol. The van der Waals surface area contributed by atoms with E-state index < -0.39 is 11.7 Å². The number of halogens is 3. The maximum Gasteiger partial charge on any atom is 0.416 e. The lowest BCUT2D eigenvalue weighted by atomic mass is 10.1. The Morgan fingerprint density at radius 2 is 1.75 bits per heavy atom. The summed E-state index contributed by atoms with van der Waals surface area (Å²) >= 11 is 0. The van der Waals surface area contributed by atoms with Crippen LogP contribution in [0.1, 0.15) is 16.7 Å². The molecule has 0 heterocycles. The van der Waals surface area contributed by atoms with Crippen LogP contribution in [0.2, 0.25) is 0 Å². The van der Waals surface area contributed by atoms with Gasteiger partial charge in [0.15, 0.2) is 0 Å². The normalized spacial score (nSPS) is 11.4. The number of hydrogen-bond acceptors (Lipinski definition) is 2. The predicted molar refractivity (Wildman–Crippen MR) is 74.4 cm³/mol. The van der Waals surface area contributed by atoms with E-state index in [0.29, 0.717) is 11.4 Å². The van der Waals surface area contributed by atoms with Gasteiger partial charge in [-0.25, -0.2) is 0 Å². The number of nitrogens with one attached hydrogen (secondary N) is 1. The highest BCUT2D eigenvalue weighted by Crippen LogP contribution is 2.32. The summed E-state index contributed by atoms with van der Waals surface area (Å²) in [4.78, 5) is 0. The van der Waals surface area contributed by atoms with Crippen LogP contribution < -0.4 is 11.1 Å². The van der Waals surface area contributed by atoms with Crippen molar-refractivity contribution in [2.45, 2.75) is 19.6 Å². The van der Waals surface area contributed by atoms with Crippen molar-refractivity contribution < 1.29 is 13.2 Å². The molecule has 0 bridgehead atoms. The van der Waals surface area contributed by atoms with E-state index in [1.165, 1.54) is 12.1 Å². The van der Waals surface area contributed by atoms with Crippen molar-refractivity contribution in [3.63, 3.8) is 0 Å². The van der Waals surface area contributed by atoms with Crippen molar-refractivity contribution in [1.82, 2.24) is 0 Å². The van der Waals surface area contributed by atoms with Crippen LogP contribution in [-0.4, -0.2) is 0 Å². The molecule has 0 aliphatic rings. The fourth-order valence-corrected chi connectivity index (χ4v) is 2.07. The predicted octanol–water partition coefficient (Wildman–Crippen LogP) is 4.21. The molecular weight excluding hydrogens is 265 g/mol. The van der Waals surface area contributed by atoms with Gasteiger partial charge in [-0.15, -0.1) is 0 Å². The first-order valence-electron chi connectivity index (χ1n) is 6.13. The fraction of sp³-hybridized carbons (Fsp3) is 0.200. The van der Waals surface area contributed by atoms with Crippen molar-refractivity contribution in [3.8, 4) is 0 Å². The molecule has 0 unspecified atom stereocenters. The maximum absolute atomic E-state index is 12.9. The highest BCUT2D eigenvalue weighted by molar-refractivity contribution is 5.69. The van der Waals surface area contributed by atoms with Gasteiger partial charge in [-0.2, -0.15) is 13.2 Å². The number of hydrogen-bond donors (Lipinski definition) is 2. The molecule has 106 valence electrons. The Balaban J connectivity index is 2.24. The van der Waals surface area contributed by atoms with Crippen molar-refractivity contribution >= 4 is 11.4 Å². The van der Waals surface area contributed by atoms with Crippen molar-refractivity contribution in [3.05, 3.63) is 59.2 Å². The van der Waals surface area contributed by atoms with Gasteiger partial charge in [0.1, 0.15) is 0 Å². The van der Waals surface area contributed by atoms with E-state index in [9.17, 15) is 13.2 Å². The molecule has 2 aromatic carbocycles. The van der Waals surface area contributed by atoms with Crippen LogP contribution in [0, 0.1) is 6.92 Å². The number of benzene rings is 2. The van der Waals surface area contributed by atoms with Crippen LogP contribution in [0.4, 0.5) is 24.5 Å². The van der Waals surface area contributed by atoms with Gasteiger partial charge in [-0.1, -0.05) is 30.3 Å². The van der Waals surface area contributed by atoms with Gasteiger partial charge in [-0.05, 0) is 30.2 Å². The third kappa shape index (κ3) is 3.04. The van der Waals surface area contributed by atoms with Crippen LogP contribution in [-0.2, 0) is 12.7 Å². The zero-order valence-corrected chi connectivity index (χ0v) is 11.0. The van der Waals surface area contributed by atoms with Gasteiger partial charge in [0.25, 0.3) is 0 Å². The van der Waals surface area contributed by atoms with E-state index in [4.69, 9.17) is 5.73 Å². The summed E-state index contributed by atoms with van der Waals surface area (Å²) in [5, 5.41) is 2.98. The molecule has 0 saturated carbocycles. The standard InChI is InChI=1S/C15H15F3N2/c1-10-5-4-8-13(19)14(10)20-9-11-6-2-3-7-12(11)15(16,17)18/h2-8,20H,9,19H2,1H3. The number of rotatable bonds is 3. The van der Waals surface area contributed by atoms with Gasteiger partial charge in [-0.3, -0.25) is 0 Å². The van der Waals surface area contributed by atoms with Crippen LogP contribution in [0.15, 0.2) is 42.5 Å². The second-order valence-electron chi connectivity index (χ2n) is 4.55. The summed E-state index contributed by atoms with van der Waals surface area (Å²) in [6.45, 7) is 1.93. The van der Waals surface area contributed by atoms with Crippen molar-refractivity contribution in [2.75, 3.05) is 11.1 Å². The highest BCUT2D eigenvalue weighted by Gasteiger charge is 2.32. The topological polar surface area (TPSA) is 38.0 Å². The minimum absolute atomic E-state index is 0.0741. The lowest BCUT2D eigenvalue weighted by Crippen LogP contribution is -2.12. The Morgan fingerprint density at radius 1 is 1.05 bits per heavy atom. The second-order valence-corrected chi connectivity index (χ2v) is 4.55. The number of aryl methyl sites for hydroxylation is 1. The molecule has 0 aromatic heterocycles. The van der Waals surface area contributed by atoms with Crippen LogP contribution in [0.25, 0.3) is 0 Å². The monoisotopic (exact) mass is 280 g/mol. The van der Waals surface area contributed by atoms with Crippen molar-refractivity contribution in [1.29, 1.82) is 0 Å². The Morgan fingerprint density at radius 3 is 2.40 bits per heavy atom. The van der Waals surface area contributed by atoms with E-state index in [1.54, 1.807) is 18.2 Å². The third-order valence-electron chi connectivity index (χ3n) is 3.08. The van der Waals surface area contributed by atoms with Crippen molar-refractivity contribution in [2.24, 2.45) is 0 Å². The van der Waals surface area contributed by atoms with E-state index in [1.807, 2.05) is 13.0 Å². The Kier molecular flexibility index (Phi) is 3.88. The Labute approximate surface area is 115 Å². The smallest absolute Gasteiger partial charge is 0.397 e. The van der Waals surface area contributed by atoms with Gasteiger partial charge in [0.2, 0.25) is 0 Å². The van der Waals surface area contributed by atoms with E-state index in [0.717, 1.165) is 11.6 Å². The molecule has 5 heteroatoms. The maximum atomic E-state index is 12.9. The fourth-order valence-electron chi connectivity index (χ4n) is 2.07. The zero-order chi connectivity index (χ0) is 14.8. The SMILES string of the molecule is Cc1cccc(N)c1NCc1ccccc1C(F)(F)F. The number of anilines is 2. The van der Waals surface area contributed by atoms with Gasteiger partial charge in [0.05, 0.1) is 16.9 Å². The molecule has 0 aliphatic carbocycles. The minimum atomic E-state index is -4.35. The summed E-state index contributed by atoms with van der Waals surface area (Å²) in [5.74, 6) is 0. The summed E-state index contributed by atoms with van der Waals surface area (Å²) in [6, 6.07) is 10.9. The minimum Gasteiger partial charge on any atom is -0.397 e. The molecule has 0 atom stereocenters.